The molecule has 0 spiro atoms. The normalized spacial score (nSPS) is 9.64. The lowest BCUT2D eigenvalue weighted by Crippen LogP contribution is -2.09. The topological polar surface area (TPSA) is 44.8 Å². The molecule has 0 aliphatic heterocycles. The van der Waals surface area contributed by atoms with Crippen molar-refractivity contribution in [2.45, 2.75) is 13.8 Å². The molecular weight excluding hydrogens is 148 g/mol. The molecule has 11 heavy (non-hydrogen) atoms. The first kappa shape index (κ1) is 10.4. The Kier molecular flexibility index (Phi) is 7.08. The molecule has 0 atom stereocenters. The summed E-state index contributed by atoms with van der Waals surface area (Å²) in [6.07, 6.45) is 0. The summed E-state index contributed by atoms with van der Waals surface area (Å²) in [7, 11) is 0. The van der Waals surface area contributed by atoms with Gasteiger partial charge in [0.1, 0.15) is 13.4 Å². The highest BCUT2D eigenvalue weighted by atomic mass is 16.7. The van der Waals surface area contributed by atoms with Crippen LogP contribution in [0, 0.1) is 0 Å². The number of hydrogen-bond donors (Lipinski definition) is 0. The van der Waals surface area contributed by atoms with Crippen molar-refractivity contribution in [1.29, 1.82) is 0 Å². The van der Waals surface area contributed by atoms with Crippen LogP contribution in [-0.4, -0.2) is 32.6 Å². The van der Waals surface area contributed by atoms with Gasteiger partial charge in [0.15, 0.2) is 0 Å². The van der Waals surface area contributed by atoms with Crippen molar-refractivity contribution in [3.63, 3.8) is 0 Å². The maximum absolute atomic E-state index is 10.2. The Balaban J connectivity index is 2.85. The van der Waals surface area contributed by atoms with E-state index >= 15 is 0 Å². The maximum atomic E-state index is 10.2. The first-order valence-electron chi connectivity index (χ1n) is 3.56. The second-order valence-corrected chi connectivity index (χ2v) is 1.86. The number of hydrogen-bond acceptors (Lipinski definition) is 4. The van der Waals surface area contributed by atoms with E-state index in [-0.39, 0.29) is 12.8 Å². The lowest BCUT2D eigenvalue weighted by atomic mass is 10.7. The van der Waals surface area contributed by atoms with Crippen LogP contribution in [0.25, 0.3) is 0 Å². The van der Waals surface area contributed by atoms with Gasteiger partial charge < -0.3 is 14.2 Å². The van der Waals surface area contributed by atoms with Crippen LogP contribution in [0.5, 0.6) is 0 Å². The Morgan fingerprint density at radius 2 is 2.00 bits per heavy atom. The molecule has 0 saturated carbocycles. The number of carbonyl (C=O) groups is 1. The molecule has 0 aromatic carbocycles. The molecule has 0 bridgehead atoms. The van der Waals surface area contributed by atoms with E-state index in [4.69, 9.17) is 9.47 Å². The van der Waals surface area contributed by atoms with E-state index < -0.39 is 0 Å². The molecule has 0 saturated heterocycles. The van der Waals surface area contributed by atoms with Crippen LogP contribution in [0.15, 0.2) is 0 Å². The maximum Gasteiger partial charge on any atom is 0.302 e. The van der Waals surface area contributed by atoms with Crippen molar-refractivity contribution in [3.05, 3.63) is 0 Å². The monoisotopic (exact) mass is 162 g/mol. The zero-order valence-corrected chi connectivity index (χ0v) is 6.96. The first-order valence-corrected chi connectivity index (χ1v) is 3.56. The van der Waals surface area contributed by atoms with E-state index in [9.17, 15) is 4.79 Å². The van der Waals surface area contributed by atoms with Gasteiger partial charge >= 0.3 is 5.97 Å². The third-order valence-corrected chi connectivity index (χ3v) is 0.904. The minimum absolute atomic E-state index is 0.262. The van der Waals surface area contributed by atoms with Crippen molar-refractivity contribution >= 4 is 5.97 Å². The molecule has 0 unspecified atom stereocenters. The molecule has 66 valence electrons. The zero-order chi connectivity index (χ0) is 8.53. The van der Waals surface area contributed by atoms with E-state index in [0.717, 1.165) is 0 Å². The third kappa shape index (κ3) is 9.39. The summed E-state index contributed by atoms with van der Waals surface area (Å²) in [5.41, 5.74) is 0. The van der Waals surface area contributed by atoms with Crippen LogP contribution < -0.4 is 0 Å². The average molecular weight is 162 g/mol. The molecule has 0 aliphatic carbocycles. The van der Waals surface area contributed by atoms with Crippen molar-refractivity contribution < 1.29 is 19.0 Å². The number of rotatable bonds is 6. The average Bonchev–Trinajstić information content (AvgIpc) is 1.96. The highest BCUT2D eigenvalue weighted by Crippen LogP contribution is 1.80. The Morgan fingerprint density at radius 1 is 1.27 bits per heavy atom. The van der Waals surface area contributed by atoms with Gasteiger partial charge in [-0.25, -0.2) is 0 Å². The second-order valence-electron chi connectivity index (χ2n) is 1.86. The Labute approximate surface area is 66.4 Å². The molecule has 0 aromatic heterocycles. The predicted octanol–water partition coefficient (Wildman–Crippen LogP) is 0.560. The van der Waals surface area contributed by atoms with Crippen molar-refractivity contribution in [3.8, 4) is 0 Å². The first-order chi connectivity index (χ1) is 5.27. The summed E-state index contributed by atoms with van der Waals surface area (Å²) in [6, 6.07) is 0. The molecule has 4 heteroatoms. The van der Waals surface area contributed by atoms with Crippen LogP contribution in [-0.2, 0) is 19.0 Å². The van der Waals surface area contributed by atoms with E-state index in [1.54, 1.807) is 0 Å². The van der Waals surface area contributed by atoms with Crippen LogP contribution in [0.4, 0.5) is 0 Å². The van der Waals surface area contributed by atoms with Crippen LogP contribution in [0.3, 0.4) is 0 Å². The van der Waals surface area contributed by atoms with E-state index in [0.29, 0.717) is 19.8 Å². The van der Waals surface area contributed by atoms with Crippen LogP contribution >= 0.6 is 0 Å². The van der Waals surface area contributed by atoms with E-state index in [2.05, 4.69) is 4.74 Å². The minimum Gasteiger partial charge on any atom is -0.463 e. The third-order valence-electron chi connectivity index (χ3n) is 0.904. The van der Waals surface area contributed by atoms with Gasteiger partial charge in [0.25, 0.3) is 0 Å². The van der Waals surface area contributed by atoms with Gasteiger partial charge in [0.2, 0.25) is 0 Å². The van der Waals surface area contributed by atoms with E-state index in [1.807, 2.05) is 6.92 Å². The van der Waals surface area contributed by atoms with Crippen molar-refractivity contribution in [2.24, 2.45) is 0 Å². The van der Waals surface area contributed by atoms with Crippen LogP contribution in [0.2, 0.25) is 0 Å². The molecule has 0 amide bonds. The van der Waals surface area contributed by atoms with E-state index in [1.165, 1.54) is 6.92 Å². The Bertz CT molecular complexity index is 103. The van der Waals surface area contributed by atoms with Gasteiger partial charge in [-0.3, -0.25) is 4.79 Å². The summed E-state index contributed by atoms with van der Waals surface area (Å²) in [6.45, 7) is 4.82. The smallest absolute Gasteiger partial charge is 0.302 e. The summed E-state index contributed by atoms with van der Waals surface area (Å²) < 4.78 is 14.4. The van der Waals surface area contributed by atoms with Gasteiger partial charge in [0.05, 0.1) is 6.61 Å². The highest BCUT2D eigenvalue weighted by molar-refractivity contribution is 5.65. The quantitative estimate of drug-likeness (QED) is 0.325. The highest BCUT2D eigenvalue weighted by Gasteiger charge is 1.91. The standard InChI is InChI=1S/C7H14O4/c1-3-9-6-10-4-5-11-7(2)8/h3-6H2,1-2H3. The summed E-state index contributed by atoms with van der Waals surface area (Å²) in [5, 5.41) is 0. The van der Waals surface area contributed by atoms with Crippen LogP contribution in [0.1, 0.15) is 13.8 Å². The second kappa shape index (κ2) is 7.50. The predicted molar refractivity (Wildman–Crippen MR) is 39.1 cm³/mol. The fourth-order valence-electron chi connectivity index (χ4n) is 0.446. The molecule has 0 heterocycles. The molecular formula is C7H14O4. The SMILES string of the molecule is CCOCOCCOC(C)=O. The number of ether oxygens (including phenoxy) is 3. The lowest BCUT2D eigenvalue weighted by molar-refractivity contribution is -0.144. The number of esters is 1. The summed E-state index contributed by atoms with van der Waals surface area (Å²) in [4.78, 5) is 10.2. The zero-order valence-electron chi connectivity index (χ0n) is 6.96. The van der Waals surface area contributed by atoms with Gasteiger partial charge in [-0.05, 0) is 6.92 Å². The molecule has 0 aromatic rings. The largest absolute Gasteiger partial charge is 0.463 e. The molecule has 0 N–H and O–H groups in total. The molecule has 0 rings (SSSR count). The summed E-state index contributed by atoms with van der Waals surface area (Å²) >= 11 is 0. The Morgan fingerprint density at radius 3 is 2.55 bits per heavy atom. The van der Waals surface area contributed by atoms with Gasteiger partial charge in [0, 0.05) is 13.5 Å². The fourth-order valence-corrected chi connectivity index (χ4v) is 0.446. The molecule has 0 fully saturated rings. The fraction of sp³-hybridized carbons (Fsp3) is 0.857. The summed E-state index contributed by atoms with van der Waals surface area (Å²) in [5.74, 6) is -0.287. The minimum atomic E-state index is -0.287. The molecule has 4 nitrogen and oxygen atoms in total. The molecule has 0 radical (unpaired) electrons. The van der Waals surface area contributed by atoms with Gasteiger partial charge in [-0.15, -0.1) is 0 Å². The Hall–Kier alpha value is -0.610. The molecule has 0 aliphatic rings. The van der Waals surface area contributed by atoms with Crippen molar-refractivity contribution in [1.82, 2.24) is 0 Å². The van der Waals surface area contributed by atoms with Crippen molar-refractivity contribution in [2.75, 3.05) is 26.6 Å². The lowest BCUT2D eigenvalue weighted by Gasteiger charge is -2.03. The number of carbonyl (C=O) groups excluding carboxylic acids is 1. The van der Waals surface area contributed by atoms with Gasteiger partial charge in [-0.1, -0.05) is 0 Å². The van der Waals surface area contributed by atoms with Gasteiger partial charge in [-0.2, -0.15) is 0 Å².